The van der Waals surface area contributed by atoms with Gasteiger partial charge in [-0.2, -0.15) is 4.37 Å². The number of nitrogens with zero attached hydrogens (tertiary/aromatic N) is 2. The number of aryl methyl sites for hydroxylation is 1. The third-order valence-electron chi connectivity index (χ3n) is 2.62. The van der Waals surface area contributed by atoms with Gasteiger partial charge in [-0.05, 0) is 19.8 Å². The van der Waals surface area contributed by atoms with Crippen molar-refractivity contribution in [3.8, 4) is 0 Å². The van der Waals surface area contributed by atoms with Gasteiger partial charge in [0.15, 0.2) is 0 Å². The summed E-state index contributed by atoms with van der Waals surface area (Å²) in [5.41, 5.74) is 5.65. The molecule has 0 aromatic carbocycles. The van der Waals surface area contributed by atoms with Gasteiger partial charge in [-0.25, -0.2) is 4.98 Å². The van der Waals surface area contributed by atoms with Crippen LogP contribution in [0.2, 0.25) is 0 Å². The Labute approximate surface area is 89.1 Å². The summed E-state index contributed by atoms with van der Waals surface area (Å²) in [6, 6.07) is 0. The van der Waals surface area contributed by atoms with Crippen molar-refractivity contribution in [1.82, 2.24) is 9.36 Å². The molecular weight excluding hydrogens is 196 g/mol. The number of anilines is 1. The van der Waals surface area contributed by atoms with E-state index in [-0.39, 0.29) is 5.54 Å². The van der Waals surface area contributed by atoms with Crippen LogP contribution >= 0.6 is 11.5 Å². The summed E-state index contributed by atoms with van der Waals surface area (Å²) in [5.74, 6) is 1.26. The van der Waals surface area contributed by atoms with E-state index in [9.17, 15) is 0 Å². The molecule has 0 bridgehead atoms. The van der Waals surface area contributed by atoms with Crippen LogP contribution in [0.1, 0.15) is 26.6 Å². The van der Waals surface area contributed by atoms with Crippen LogP contribution in [0.25, 0.3) is 0 Å². The standard InChI is InChI=1S/C9H18N4S/c1-6(2)9(4,5-10)12-8-11-7(3)13-14-8/h6H,5,10H2,1-4H3,(H,11,12,13). The molecule has 1 heterocycles. The van der Waals surface area contributed by atoms with Crippen LogP contribution in [0.4, 0.5) is 5.13 Å². The van der Waals surface area contributed by atoms with Crippen molar-refractivity contribution >= 4 is 16.7 Å². The van der Waals surface area contributed by atoms with Gasteiger partial charge < -0.3 is 11.1 Å². The van der Waals surface area contributed by atoms with E-state index in [1.54, 1.807) is 0 Å². The Hall–Kier alpha value is -0.680. The van der Waals surface area contributed by atoms with Gasteiger partial charge in [-0.1, -0.05) is 13.8 Å². The average molecular weight is 214 g/mol. The Bertz CT molecular complexity index is 297. The predicted molar refractivity (Wildman–Crippen MR) is 60.6 cm³/mol. The zero-order valence-corrected chi connectivity index (χ0v) is 9.98. The summed E-state index contributed by atoms with van der Waals surface area (Å²) in [7, 11) is 0. The topological polar surface area (TPSA) is 63.8 Å². The van der Waals surface area contributed by atoms with E-state index in [4.69, 9.17) is 5.73 Å². The Morgan fingerprint density at radius 1 is 1.57 bits per heavy atom. The molecular formula is C9H18N4S. The molecule has 1 unspecified atom stereocenters. The molecule has 0 saturated carbocycles. The van der Waals surface area contributed by atoms with Crippen LogP contribution in [0.5, 0.6) is 0 Å². The van der Waals surface area contributed by atoms with Crippen LogP contribution in [0.3, 0.4) is 0 Å². The fraction of sp³-hybridized carbons (Fsp3) is 0.778. The minimum atomic E-state index is -0.105. The minimum absolute atomic E-state index is 0.105. The number of hydrogen-bond donors (Lipinski definition) is 2. The first-order chi connectivity index (χ1) is 6.48. The van der Waals surface area contributed by atoms with Crippen LogP contribution in [-0.4, -0.2) is 21.4 Å². The molecule has 0 amide bonds. The van der Waals surface area contributed by atoms with E-state index >= 15 is 0 Å². The van der Waals surface area contributed by atoms with Crippen molar-refractivity contribution in [1.29, 1.82) is 0 Å². The molecule has 14 heavy (non-hydrogen) atoms. The van der Waals surface area contributed by atoms with Gasteiger partial charge >= 0.3 is 0 Å². The molecule has 80 valence electrons. The Morgan fingerprint density at radius 2 is 2.21 bits per heavy atom. The zero-order valence-electron chi connectivity index (χ0n) is 9.16. The van der Waals surface area contributed by atoms with E-state index in [1.807, 2.05) is 6.92 Å². The second-order valence-electron chi connectivity index (χ2n) is 4.05. The molecule has 0 spiro atoms. The van der Waals surface area contributed by atoms with Crippen LogP contribution in [0, 0.1) is 12.8 Å². The smallest absolute Gasteiger partial charge is 0.203 e. The quantitative estimate of drug-likeness (QED) is 0.799. The first-order valence-electron chi connectivity index (χ1n) is 4.76. The lowest BCUT2D eigenvalue weighted by Crippen LogP contribution is -2.47. The monoisotopic (exact) mass is 214 g/mol. The summed E-state index contributed by atoms with van der Waals surface area (Å²) >= 11 is 1.38. The third-order valence-corrected chi connectivity index (χ3v) is 3.34. The van der Waals surface area contributed by atoms with E-state index in [2.05, 4.69) is 35.4 Å². The molecule has 0 aliphatic heterocycles. The Balaban J connectivity index is 2.75. The summed E-state index contributed by atoms with van der Waals surface area (Å²) in [4.78, 5) is 4.27. The van der Waals surface area contributed by atoms with Gasteiger partial charge in [0.1, 0.15) is 5.82 Å². The zero-order chi connectivity index (χ0) is 10.8. The number of hydrogen-bond acceptors (Lipinski definition) is 5. The van der Waals surface area contributed by atoms with Crippen LogP contribution in [-0.2, 0) is 0 Å². The largest absolute Gasteiger partial charge is 0.354 e. The van der Waals surface area contributed by atoms with Crippen molar-refractivity contribution in [2.75, 3.05) is 11.9 Å². The molecule has 1 atom stereocenters. The summed E-state index contributed by atoms with van der Waals surface area (Å²) in [6.45, 7) is 8.87. The second-order valence-corrected chi connectivity index (χ2v) is 4.80. The molecule has 1 aromatic heterocycles. The number of rotatable bonds is 4. The highest BCUT2D eigenvalue weighted by atomic mass is 32.1. The maximum Gasteiger partial charge on any atom is 0.203 e. The maximum absolute atomic E-state index is 5.76. The number of aromatic nitrogens is 2. The van der Waals surface area contributed by atoms with Crippen LogP contribution < -0.4 is 11.1 Å². The first kappa shape index (κ1) is 11.4. The molecule has 0 radical (unpaired) electrons. The highest BCUT2D eigenvalue weighted by molar-refractivity contribution is 7.09. The first-order valence-corrected chi connectivity index (χ1v) is 5.54. The van der Waals surface area contributed by atoms with Crippen molar-refractivity contribution in [2.45, 2.75) is 33.2 Å². The maximum atomic E-state index is 5.76. The third kappa shape index (κ3) is 2.42. The SMILES string of the molecule is Cc1nsc(NC(C)(CN)C(C)C)n1. The van der Waals surface area contributed by atoms with E-state index < -0.39 is 0 Å². The molecule has 1 aromatic rings. The summed E-state index contributed by atoms with van der Waals surface area (Å²) in [6.07, 6.45) is 0. The van der Waals surface area contributed by atoms with E-state index in [0.717, 1.165) is 11.0 Å². The Morgan fingerprint density at radius 3 is 2.57 bits per heavy atom. The normalized spacial score (nSPS) is 15.6. The van der Waals surface area contributed by atoms with Gasteiger partial charge in [0.05, 0.1) is 5.54 Å². The number of nitrogens with one attached hydrogen (secondary N) is 1. The van der Waals surface area contributed by atoms with Crippen molar-refractivity contribution in [3.63, 3.8) is 0 Å². The molecule has 4 nitrogen and oxygen atoms in total. The van der Waals surface area contributed by atoms with Crippen molar-refractivity contribution in [2.24, 2.45) is 11.7 Å². The molecule has 0 aliphatic carbocycles. The molecule has 1 rings (SSSR count). The Kier molecular flexibility index (Phi) is 3.44. The van der Waals surface area contributed by atoms with Crippen LogP contribution in [0.15, 0.2) is 0 Å². The fourth-order valence-electron chi connectivity index (χ4n) is 1.02. The molecule has 0 saturated heterocycles. The summed E-state index contributed by atoms with van der Waals surface area (Å²) in [5, 5.41) is 4.20. The molecule has 3 N–H and O–H groups in total. The van der Waals surface area contributed by atoms with Crippen molar-refractivity contribution in [3.05, 3.63) is 5.82 Å². The average Bonchev–Trinajstić information content (AvgIpc) is 2.50. The highest BCUT2D eigenvalue weighted by Crippen LogP contribution is 2.22. The van der Waals surface area contributed by atoms with Gasteiger partial charge in [0.2, 0.25) is 5.13 Å². The van der Waals surface area contributed by atoms with E-state index in [0.29, 0.717) is 12.5 Å². The molecule has 0 aliphatic rings. The van der Waals surface area contributed by atoms with Crippen molar-refractivity contribution < 1.29 is 0 Å². The molecule has 0 fully saturated rings. The predicted octanol–water partition coefficient (Wildman–Crippen LogP) is 1.63. The van der Waals surface area contributed by atoms with Gasteiger partial charge in [-0.15, -0.1) is 0 Å². The second kappa shape index (κ2) is 4.23. The lowest BCUT2D eigenvalue weighted by Gasteiger charge is -2.33. The highest BCUT2D eigenvalue weighted by Gasteiger charge is 2.27. The van der Waals surface area contributed by atoms with Gasteiger partial charge in [0, 0.05) is 18.1 Å². The van der Waals surface area contributed by atoms with Gasteiger partial charge in [-0.3, -0.25) is 0 Å². The number of nitrogens with two attached hydrogens (primary N) is 1. The molecule has 5 heteroatoms. The fourth-order valence-corrected chi connectivity index (χ4v) is 1.73. The minimum Gasteiger partial charge on any atom is -0.354 e. The van der Waals surface area contributed by atoms with Gasteiger partial charge in [0.25, 0.3) is 0 Å². The van der Waals surface area contributed by atoms with E-state index in [1.165, 1.54) is 11.5 Å². The lowest BCUT2D eigenvalue weighted by atomic mass is 9.89. The lowest BCUT2D eigenvalue weighted by molar-refractivity contribution is 0.382. The summed E-state index contributed by atoms with van der Waals surface area (Å²) < 4.78 is 4.12.